The van der Waals surface area contributed by atoms with Gasteiger partial charge in [-0.1, -0.05) is 24.3 Å². The highest BCUT2D eigenvalue weighted by molar-refractivity contribution is 7.15. The first-order valence-electron chi connectivity index (χ1n) is 8.25. The highest BCUT2D eigenvalue weighted by Crippen LogP contribution is 2.24. The van der Waals surface area contributed by atoms with E-state index >= 15 is 0 Å². The van der Waals surface area contributed by atoms with Crippen LogP contribution in [-0.2, 0) is 12.8 Å². The predicted molar refractivity (Wildman–Crippen MR) is 101 cm³/mol. The molecule has 3 heterocycles. The minimum Gasteiger partial charge on any atom is -0.375 e. The zero-order valence-electron chi connectivity index (χ0n) is 13.5. The van der Waals surface area contributed by atoms with Crippen LogP contribution in [0.5, 0.6) is 0 Å². The van der Waals surface area contributed by atoms with Crippen molar-refractivity contribution in [1.82, 2.24) is 14.9 Å². The van der Waals surface area contributed by atoms with Crippen LogP contribution in [0.4, 0.5) is 5.13 Å². The van der Waals surface area contributed by atoms with Crippen molar-refractivity contribution in [3.05, 3.63) is 58.9 Å². The Hall–Kier alpha value is -2.24. The van der Waals surface area contributed by atoms with Gasteiger partial charge < -0.3 is 5.73 Å². The molecule has 0 unspecified atom stereocenters. The molecule has 0 bridgehead atoms. The Balaban J connectivity index is 1.39. The van der Waals surface area contributed by atoms with E-state index in [1.165, 1.54) is 26.9 Å². The topological polar surface area (TPSA) is 55.0 Å². The third-order valence-corrected chi connectivity index (χ3v) is 5.44. The van der Waals surface area contributed by atoms with E-state index in [1.54, 1.807) is 11.3 Å². The van der Waals surface area contributed by atoms with Crippen molar-refractivity contribution in [3.63, 3.8) is 0 Å². The van der Waals surface area contributed by atoms with Crippen LogP contribution in [0, 0.1) is 0 Å². The quantitative estimate of drug-likeness (QED) is 0.796. The van der Waals surface area contributed by atoms with Gasteiger partial charge in [0.2, 0.25) is 0 Å². The van der Waals surface area contributed by atoms with E-state index in [9.17, 15) is 0 Å². The fourth-order valence-corrected chi connectivity index (χ4v) is 4.02. The molecule has 4 rings (SSSR count). The number of nitrogen functional groups attached to an aromatic ring is 1. The van der Waals surface area contributed by atoms with Gasteiger partial charge in [-0.05, 0) is 29.5 Å². The van der Waals surface area contributed by atoms with Crippen LogP contribution in [0.25, 0.3) is 16.8 Å². The standard InChI is InChI=1S/C19H20N4S/c20-19-22-17-6-10-23(11-7-18(17)24-19)9-1-2-14-3-4-16-13-21-8-5-15(16)12-14/h1-5,8,12-13H,6-7,9-11H2,(H2,20,22)/b2-1+. The summed E-state index contributed by atoms with van der Waals surface area (Å²) in [6.07, 6.45) is 10.3. The lowest BCUT2D eigenvalue weighted by atomic mass is 10.1. The number of hydrogen-bond donors (Lipinski definition) is 1. The second-order valence-electron chi connectivity index (χ2n) is 6.11. The molecule has 0 saturated carbocycles. The zero-order valence-corrected chi connectivity index (χ0v) is 14.3. The molecule has 2 N–H and O–H groups in total. The summed E-state index contributed by atoms with van der Waals surface area (Å²) >= 11 is 1.64. The van der Waals surface area contributed by atoms with Crippen LogP contribution >= 0.6 is 11.3 Å². The molecule has 1 aliphatic rings. The molecular formula is C19H20N4S. The first-order valence-corrected chi connectivity index (χ1v) is 9.06. The Morgan fingerprint density at radius 1 is 1.17 bits per heavy atom. The van der Waals surface area contributed by atoms with E-state index < -0.39 is 0 Å². The highest BCUT2D eigenvalue weighted by atomic mass is 32.1. The van der Waals surface area contributed by atoms with E-state index in [-0.39, 0.29) is 0 Å². The second kappa shape index (κ2) is 6.71. The number of aromatic nitrogens is 2. The fraction of sp³-hybridized carbons (Fsp3) is 0.263. The minimum atomic E-state index is 0.708. The van der Waals surface area contributed by atoms with Gasteiger partial charge in [0, 0.05) is 48.7 Å². The van der Waals surface area contributed by atoms with Crippen molar-refractivity contribution in [2.45, 2.75) is 12.8 Å². The van der Waals surface area contributed by atoms with Crippen LogP contribution in [0.1, 0.15) is 16.1 Å². The number of fused-ring (bicyclic) bond motifs is 2. The van der Waals surface area contributed by atoms with E-state index in [0.717, 1.165) is 32.5 Å². The first kappa shape index (κ1) is 15.3. The van der Waals surface area contributed by atoms with Crippen molar-refractivity contribution in [1.29, 1.82) is 0 Å². The Labute approximate surface area is 145 Å². The van der Waals surface area contributed by atoms with E-state index in [2.05, 4.69) is 51.3 Å². The van der Waals surface area contributed by atoms with E-state index in [1.807, 2.05) is 12.4 Å². The normalized spacial score (nSPS) is 15.7. The summed E-state index contributed by atoms with van der Waals surface area (Å²) in [5.74, 6) is 0. The molecule has 0 spiro atoms. The maximum absolute atomic E-state index is 5.81. The molecule has 0 atom stereocenters. The van der Waals surface area contributed by atoms with E-state index in [0.29, 0.717) is 5.13 Å². The monoisotopic (exact) mass is 336 g/mol. The molecule has 0 fully saturated rings. The van der Waals surface area contributed by atoms with Gasteiger partial charge in [0.1, 0.15) is 0 Å². The number of rotatable bonds is 3. The molecule has 1 aliphatic heterocycles. The Morgan fingerprint density at radius 3 is 3.04 bits per heavy atom. The lowest BCUT2D eigenvalue weighted by Gasteiger charge is -2.17. The van der Waals surface area contributed by atoms with Crippen LogP contribution in [0.15, 0.2) is 42.7 Å². The molecule has 5 heteroatoms. The van der Waals surface area contributed by atoms with Gasteiger partial charge >= 0.3 is 0 Å². The molecule has 0 radical (unpaired) electrons. The molecule has 4 nitrogen and oxygen atoms in total. The fourth-order valence-electron chi connectivity index (χ4n) is 3.16. The second-order valence-corrected chi connectivity index (χ2v) is 7.22. The summed E-state index contributed by atoms with van der Waals surface area (Å²) < 4.78 is 0. The third kappa shape index (κ3) is 3.32. The predicted octanol–water partition coefficient (Wildman–Crippen LogP) is 3.39. The third-order valence-electron chi connectivity index (χ3n) is 4.45. The van der Waals surface area contributed by atoms with Crippen molar-refractivity contribution in [3.8, 4) is 0 Å². The van der Waals surface area contributed by atoms with Crippen LogP contribution in [-0.4, -0.2) is 34.5 Å². The Morgan fingerprint density at radius 2 is 2.08 bits per heavy atom. The Bertz CT molecular complexity index is 858. The number of nitrogens with zero attached hydrogens (tertiary/aromatic N) is 3. The maximum Gasteiger partial charge on any atom is 0.180 e. The summed E-state index contributed by atoms with van der Waals surface area (Å²) in [7, 11) is 0. The largest absolute Gasteiger partial charge is 0.375 e. The molecule has 24 heavy (non-hydrogen) atoms. The van der Waals surface area contributed by atoms with Crippen LogP contribution < -0.4 is 5.73 Å². The molecule has 0 saturated heterocycles. The molecule has 0 aliphatic carbocycles. The number of benzene rings is 1. The number of anilines is 1. The molecule has 1 aromatic carbocycles. The lowest BCUT2D eigenvalue weighted by Crippen LogP contribution is -2.26. The summed E-state index contributed by atoms with van der Waals surface area (Å²) in [4.78, 5) is 12.4. The zero-order chi connectivity index (χ0) is 16.4. The van der Waals surface area contributed by atoms with Crippen molar-refractivity contribution >= 4 is 33.3 Å². The minimum absolute atomic E-state index is 0.708. The number of pyridine rings is 1. The van der Waals surface area contributed by atoms with Crippen LogP contribution in [0.2, 0.25) is 0 Å². The van der Waals surface area contributed by atoms with Gasteiger partial charge in [-0.15, -0.1) is 11.3 Å². The summed E-state index contributed by atoms with van der Waals surface area (Å²) in [6.45, 7) is 3.09. The molecule has 2 aromatic heterocycles. The smallest absolute Gasteiger partial charge is 0.180 e. The molecule has 0 amide bonds. The number of hydrogen-bond acceptors (Lipinski definition) is 5. The average Bonchev–Trinajstić information content (AvgIpc) is 2.86. The van der Waals surface area contributed by atoms with Gasteiger partial charge in [0.15, 0.2) is 5.13 Å². The highest BCUT2D eigenvalue weighted by Gasteiger charge is 2.16. The maximum atomic E-state index is 5.81. The van der Waals surface area contributed by atoms with E-state index in [4.69, 9.17) is 5.73 Å². The first-order chi connectivity index (χ1) is 11.8. The molecule has 3 aromatic rings. The van der Waals surface area contributed by atoms with Crippen molar-refractivity contribution in [2.75, 3.05) is 25.4 Å². The molecular weight excluding hydrogens is 316 g/mol. The van der Waals surface area contributed by atoms with Crippen molar-refractivity contribution < 1.29 is 0 Å². The molecule has 122 valence electrons. The summed E-state index contributed by atoms with van der Waals surface area (Å²) in [5, 5.41) is 3.12. The van der Waals surface area contributed by atoms with Gasteiger partial charge in [-0.25, -0.2) is 4.98 Å². The summed E-state index contributed by atoms with van der Waals surface area (Å²) in [5.41, 5.74) is 8.24. The van der Waals surface area contributed by atoms with Gasteiger partial charge in [0.05, 0.1) is 5.69 Å². The lowest BCUT2D eigenvalue weighted by molar-refractivity contribution is 0.318. The number of thiazole rings is 1. The van der Waals surface area contributed by atoms with Crippen molar-refractivity contribution in [2.24, 2.45) is 0 Å². The Kier molecular flexibility index (Phi) is 4.28. The summed E-state index contributed by atoms with van der Waals surface area (Å²) in [6, 6.07) is 8.54. The SMILES string of the molecule is Nc1nc2c(s1)CCN(C/C=C/c1ccc3cnccc3c1)CC2. The van der Waals surface area contributed by atoms with Gasteiger partial charge in [0.25, 0.3) is 0 Å². The average molecular weight is 336 g/mol. The van der Waals surface area contributed by atoms with Crippen LogP contribution in [0.3, 0.4) is 0 Å². The number of nitrogens with two attached hydrogens (primary N) is 1. The van der Waals surface area contributed by atoms with Gasteiger partial charge in [-0.3, -0.25) is 9.88 Å². The van der Waals surface area contributed by atoms with Gasteiger partial charge in [-0.2, -0.15) is 0 Å².